The number of benzene rings is 3. The van der Waals surface area contributed by atoms with Crippen molar-refractivity contribution >= 4 is 28.3 Å². The van der Waals surface area contributed by atoms with Gasteiger partial charge in [0.05, 0.1) is 16.8 Å². The largest absolute Gasteiger partial charge is 0.280 e. The number of hydrogen-bond donors (Lipinski definition) is 1. The number of nitrogens with one attached hydrogen (secondary N) is 1. The van der Waals surface area contributed by atoms with Crippen LogP contribution in [0, 0.1) is 0 Å². The van der Waals surface area contributed by atoms with Crippen LogP contribution < -0.4 is 5.43 Å². The van der Waals surface area contributed by atoms with E-state index in [-0.39, 0.29) is 11.8 Å². The van der Waals surface area contributed by atoms with Crippen molar-refractivity contribution in [2.45, 2.75) is 0 Å². The van der Waals surface area contributed by atoms with Gasteiger partial charge in [-0.15, -0.1) is 11.3 Å². The number of anilines is 1. The average molecular weight is 397 g/mol. The molecule has 0 spiro atoms. The van der Waals surface area contributed by atoms with Crippen molar-refractivity contribution in [2.24, 2.45) is 0 Å². The molecule has 140 valence electrons. The molecule has 1 aromatic heterocycles. The van der Waals surface area contributed by atoms with Gasteiger partial charge in [-0.2, -0.15) is 5.01 Å². The van der Waals surface area contributed by atoms with E-state index in [4.69, 9.17) is 0 Å². The van der Waals surface area contributed by atoms with E-state index in [9.17, 15) is 9.59 Å². The second-order valence-corrected chi connectivity index (χ2v) is 7.44. The van der Waals surface area contributed by atoms with Gasteiger partial charge in [0.2, 0.25) is 5.13 Å². The molecule has 3 aromatic carbocycles. The fourth-order valence-electron chi connectivity index (χ4n) is 3.31. The normalized spacial score (nSPS) is 12.9. The zero-order chi connectivity index (χ0) is 19.8. The Balaban J connectivity index is 1.35. The molecule has 6 heteroatoms. The van der Waals surface area contributed by atoms with Crippen molar-refractivity contribution in [3.63, 3.8) is 0 Å². The van der Waals surface area contributed by atoms with Gasteiger partial charge in [0.15, 0.2) is 0 Å². The molecule has 2 heterocycles. The number of amides is 2. The van der Waals surface area contributed by atoms with E-state index in [1.165, 1.54) is 11.3 Å². The van der Waals surface area contributed by atoms with Crippen molar-refractivity contribution in [1.29, 1.82) is 0 Å². The van der Waals surface area contributed by atoms with Gasteiger partial charge in [-0.25, -0.2) is 4.98 Å². The number of thiazole rings is 1. The van der Waals surface area contributed by atoms with Crippen LogP contribution in [0.4, 0.5) is 5.13 Å². The molecule has 5 rings (SSSR count). The SMILES string of the molecule is O=C1c2ccccc2C(=O)N1Nc1nc(-c2ccc(-c3ccccc3)cc2)cs1. The summed E-state index contributed by atoms with van der Waals surface area (Å²) in [7, 11) is 0. The lowest BCUT2D eigenvalue weighted by Crippen LogP contribution is -2.35. The maximum atomic E-state index is 12.5. The summed E-state index contributed by atoms with van der Waals surface area (Å²) in [5.74, 6) is -0.732. The first-order valence-corrected chi connectivity index (χ1v) is 9.94. The molecule has 0 bridgehead atoms. The number of nitrogens with zero attached hydrogens (tertiary/aromatic N) is 2. The number of carbonyl (C=O) groups is 2. The molecule has 1 aliphatic rings. The zero-order valence-electron chi connectivity index (χ0n) is 15.2. The van der Waals surface area contributed by atoms with Crippen LogP contribution in [0.15, 0.2) is 84.2 Å². The quantitative estimate of drug-likeness (QED) is 0.487. The van der Waals surface area contributed by atoms with Crippen LogP contribution >= 0.6 is 11.3 Å². The minimum Gasteiger partial charge on any atom is -0.267 e. The zero-order valence-corrected chi connectivity index (χ0v) is 16.0. The van der Waals surface area contributed by atoms with Crippen LogP contribution in [0.3, 0.4) is 0 Å². The molecular weight excluding hydrogens is 382 g/mol. The summed E-state index contributed by atoms with van der Waals surface area (Å²) in [6.07, 6.45) is 0. The summed E-state index contributed by atoms with van der Waals surface area (Å²) in [5.41, 5.74) is 7.70. The van der Waals surface area contributed by atoms with E-state index in [2.05, 4.69) is 34.7 Å². The Labute approximate surface area is 171 Å². The van der Waals surface area contributed by atoms with Gasteiger partial charge in [0.1, 0.15) is 0 Å². The number of imide groups is 1. The fraction of sp³-hybridized carbons (Fsp3) is 0. The van der Waals surface area contributed by atoms with Crippen molar-refractivity contribution < 1.29 is 9.59 Å². The third-order valence-electron chi connectivity index (χ3n) is 4.79. The van der Waals surface area contributed by atoms with Crippen molar-refractivity contribution in [3.05, 3.63) is 95.4 Å². The molecule has 1 aliphatic heterocycles. The van der Waals surface area contributed by atoms with Gasteiger partial charge in [-0.3, -0.25) is 15.0 Å². The summed E-state index contributed by atoms with van der Waals surface area (Å²) in [5, 5.41) is 3.41. The first-order chi connectivity index (χ1) is 14.2. The summed E-state index contributed by atoms with van der Waals surface area (Å²) in [6.45, 7) is 0. The molecule has 0 atom stereocenters. The second-order valence-electron chi connectivity index (χ2n) is 6.58. The molecule has 0 fully saturated rings. The van der Waals surface area contributed by atoms with Crippen LogP contribution in [0.2, 0.25) is 0 Å². The fourth-order valence-corrected chi connectivity index (χ4v) is 4.02. The molecule has 2 amide bonds. The van der Waals surface area contributed by atoms with E-state index in [0.29, 0.717) is 16.3 Å². The molecule has 0 saturated carbocycles. The summed E-state index contributed by atoms with van der Waals surface area (Å²) < 4.78 is 0. The van der Waals surface area contributed by atoms with Crippen LogP contribution in [0.25, 0.3) is 22.4 Å². The Morgan fingerprint density at radius 1 is 0.690 bits per heavy atom. The molecule has 29 heavy (non-hydrogen) atoms. The highest BCUT2D eigenvalue weighted by atomic mass is 32.1. The highest BCUT2D eigenvalue weighted by Gasteiger charge is 2.36. The predicted octanol–water partition coefficient (Wildman–Crippen LogP) is 5.10. The lowest BCUT2D eigenvalue weighted by molar-refractivity contribution is 0.0691. The number of hydrazine groups is 1. The minimum absolute atomic E-state index is 0.366. The molecule has 0 saturated heterocycles. The Morgan fingerprint density at radius 3 is 1.90 bits per heavy atom. The molecule has 0 unspecified atom stereocenters. The number of rotatable bonds is 4. The first-order valence-electron chi connectivity index (χ1n) is 9.06. The number of carbonyl (C=O) groups excluding carboxylic acids is 2. The highest BCUT2D eigenvalue weighted by Crippen LogP contribution is 2.29. The Kier molecular flexibility index (Phi) is 4.18. The minimum atomic E-state index is -0.366. The van der Waals surface area contributed by atoms with Gasteiger partial charge in [0.25, 0.3) is 11.8 Å². The Morgan fingerprint density at radius 2 is 1.24 bits per heavy atom. The molecule has 4 aromatic rings. The molecular formula is C23H15N3O2S. The lowest BCUT2D eigenvalue weighted by atomic mass is 10.0. The molecule has 0 aliphatic carbocycles. The van der Waals surface area contributed by atoms with Crippen LogP contribution in [-0.2, 0) is 0 Å². The predicted molar refractivity (Wildman–Crippen MR) is 114 cm³/mol. The van der Waals surface area contributed by atoms with Crippen molar-refractivity contribution in [3.8, 4) is 22.4 Å². The van der Waals surface area contributed by atoms with Gasteiger partial charge in [-0.05, 0) is 23.3 Å². The van der Waals surface area contributed by atoms with Gasteiger partial charge in [0, 0.05) is 10.9 Å². The highest BCUT2D eigenvalue weighted by molar-refractivity contribution is 7.14. The topological polar surface area (TPSA) is 62.3 Å². The summed E-state index contributed by atoms with van der Waals surface area (Å²) in [4.78, 5) is 29.5. The number of fused-ring (bicyclic) bond motifs is 1. The molecule has 1 N–H and O–H groups in total. The number of hydrogen-bond acceptors (Lipinski definition) is 5. The van der Waals surface area contributed by atoms with E-state index in [0.717, 1.165) is 27.4 Å². The van der Waals surface area contributed by atoms with E-state index < -0.39 is 0 Å². The number of aromatic nitrogens is 1. The maximum Gasteiger partial charge on any atom is 0.280 e. The molecule has 5 nitrogen and oxygen atoms in total. The smallest absolute Gasteiger partial charge is 0.267 e. The lowest BCUT2D eigenvalue weighted by Gasteiger charge is -2.13. The van der Waals surface area contributed by atoms with Crippen LogP contribution in [0.5, 0.6) is 0 Å². The van der Waals surface area contributed by atoms with Crippen LogP contribution in [-0.4, -0.2) is 21.8 Å². The average Bonchev–Trinajstić information content (AvgIpc) is 3.34. The van der Waals surface area contributed by atoms with Crippen LogP contribution in [0.1, 0.15) is 20.7 Å². The maximum absolute atomic E-state index is 12.5. The summed E-state index contributed by atoms with van der Waals surface area (Å²) >= 11 is 1.35. The summed E-state index contributed by atoms with van der Waals surface area (Å²) in [6, 6.07) is 25.1. The Hall–Kier alpha value is -3.77. The molecule has 0 radical (unpaired) electrons. The Bertz CT molecular complexity index is 1180. The third-order valence-corrected chi connectivity index (χ3v) is 5.54. The third kappa shape index (κ3) is 3.09. The van der Waals surface area contributed by atoms with Gasteiger partial charge < -0.3 is 0 Å². The van der Waals surface area contributed by atoms with E-state index in [1.807, 2.05) is 35.7 Å². The standard InChI is InChI=1S/C23H15N3O2S/c27-21-18-8-4-5-9-19(18)22(28)26(21)25-23-24-20(14-29-23)17-12-10-16(11-13-17)15-6-2-1-3-7-15/h1-14H,(H,24,25). The first kappa shape index (κ1) is 17.3. The van der Waals surface area contributed by atoms with Gasteiger partial charge in [-0.1, -0.05) is 66.7 Å². The second kappa shape index (κ2) is 7.00. The monoisotopic (exact) mass is 397 g/mol. The van der Waals surface area contributed by atoms with Crippen molar-refractivity contribution in [2.75, 3.05) is 5.43 Å². The van der Waals surface area contributed by atoms with Crippen molar-refractivity contribution in [1.82, 2.24) is 9.99 Å². The van der Waals surface area contributed by atoms with Gasteiger partial charge >= 0.3 is 0 Å². The van der Waals surface area contributed by atoms with E-state index >= 15 is 0 Å². The van der Waals surface area contributed by atoms with E-state index in [1.54, 1.807) is 24.3 Å².